The van der Waals surface area contributed by atoms with Gasteiger partial charge in [0, 0.05) is 18.4 Å². The van der Waals surface area contributed by atoms with Crippen molar-refractivity contribution in [3.63, 3.8) is 0 Å². The van der Waals surface area contributed by atoms with Crippen LogP contribution in [-0.4, -0.2) is 50.3 Å². The van der Waals surface area contributed by atoms with E-state index >= 15 is 0 Å². The Balaban J connectivity index is 1.24. The molecule has 2 heterocycles. The Morgan fingerprint density at radius 3 is 2.29 bits per heavy atom. The molecule has 0 aliphatic carbocycles. The largest absolute Gasteiger partial charge is 0.490 e. The van der Waals surface area contributed by atoms with Gasteiger partial charge < -0.3 is 28.1 Å². The molecule has 1 aliphatic heterocycles. The normalized spacial score (nSPS) is 20.1. The first-order chi connectivity index (χ1) is 16.4. The zero-order chi connectivity index (χ0) is 24.1. The predicted octanol–water partition coefficient (Wildman–Crippen LogP) is 4.44. The summed E-state index contributed by atoms with van der Waals surface area (Å²) in [6.45, 7) is 6.84. The molecule has 4 rings (SSSR count). The molecule has 0 bridgehead atoms. The quantitative estimate of drug-likeness (QED) is 0.355. The molecule has 1 aliphatic rings. The molecule has 1 fully saturated rings. The highest BCUT2D eigenvalue weighted by atomic mass is 16.7. The number of hydrogen-bond donors (Lipinski definition) is 0. The van der Waals surface area contributed by atoms with Crippen molar-refractivity contribution in [2.45, 2.75) is 32.5 Å². The molecular formula is C26H29NO7. The number of aryl methyl sites for hydroxylation is 2. The van der Waals surface area contributed by atoms with Crippen LogP contribution in [0, 0.1) is 13.8 Å². The molecule has 1 saturated heterocycles. The summed E-state index contributed by atoms with van der Waals surface area (Å²) in [5, 5.41) is 0. The van der Waals surface area contributed by atoms with Gasteiger partial charge in [-0.25, -0.2) is 4.79 Å². The van der Waals surface area contributed by atoms with E-state index < -0.39 is 11.8 Å². The topological polar surface area (TPSA) is 89.3 Å². The van der Waals surface area contributed by atoms with Gasteiger partial charge in [0.05, 0.1) is 20.3 Å². The fraction of sp³-hybridized carbons (Fsp3) is 0.385. The van der Waals surface area contributed by atoms with Crippen LogP contribution in [0.1, 0.15) is 29.7 Å². The zero-order valence-electron chi connectivity index (χ0n) is 19.8. The van der Waals surface area contributed by atoms with Crippen molar-refractivity contribution in [3.05, 3.63) is 65.4 Å². The van der Waals surface area contributed by atoms with Crippen molar-refractivity contribution < 1.29 is 32.9 Å². The lowest BCUT2D eigenvalue weighted by Gasteiger charge is -2.35. The number of rotatable bonds is 8. The maximum atomic E-state index is 11.8. The number of aromatic nitrogens is 1. The van der Waals surface area contributed by atoms with Gasteiger partial charge in [-0.2, -0.15) is 4.98 Å². The van der Waals surface area contributed by atoms with Crippen molar-refractivity contribution in [2.75, 3.05) is 33.5 Å². The number of nitrogens with zero attached hydrogens (tertiary/aromatic N) is 1. The third kappa shape index (κ3) is 5.40. The van der Waals surface area contributed by atoms with Crippen LogP contribution in [0.4, 0.5) is 0 Å². The lowest BCUT2D eigenvalue weighted by molar-refractivity contribution is -0.264. The molecule has 0 radical (unpaired) electrons. The van der Waals surface area contributed by atoms with Gasteiger partial charge in [-0.05, 0) is 43.7 Å². The Morgan fingerprint density at radius 1 is 1.00 bits per heavy atom. The van der Waals surface area contributed by atoms with Crippen LogP contribution in [0.5, 0.6) is 11.6 Å². The third-order valence-electron chi connectivity index (χ3n) is 5.67. The molecule has 0 atom stereocenters. The van der Waals surface area contributed by atoms with E-state index in [1.807, 2.05) is 62.4 Å². The summed E-state index contributed by atoms with van der Waals surface area (Å²) in [5.41, 5.74) is 3.12. The number of ether oxygens (including phenoxy) is 5. The average Bonchev–Trinajstić information content (AvgIpc) is 3.23. The highest BCUT2D eigenvalue weighted by molar-refractivity contribution is 5.77. The molecule has 1 aromatic heterocycles. The van der Waals surface area contributed by atoms with Gasteiger partial charge in [0.25, 0.3) is 11.7 Å². The Hall–Kier alpha value is -3.36. The van der Waals surface area contributed by atoms with Crippen LogP contribution in [0.25, 0.3) is 11.5 Å². The first-order valence-electron chi connectivity index (χ1n) is 11.1. The summed E-state index contributed by atoms with van der Waals surface area (Å²) in [6, 6.07) is 15.7. The third-order valence-corrected chi connectivity index (χ3v) is 5.67. The maximum Gasteiger partial charge on any atom is 0.366 e. The van der Waals surface area contributed by atoms with E-state index in [4.69, 9.17) is 28.1 Å². The van der Waals surface area contributed by atoms with Crippen molar-refractivity contribution in [1.82, 2.24) is 4.98 Å². The molecule has 0 N–H and O–H groups in total. The number of esters is 1. The van der Waals surface area contributed by atoms with E-state index in [1.165, 1.54) is 12.7 Å². The van der Waals surface area contributed by atoms with Gasteiger partial charge in [0.1, 0.15) is 19.0 Å². The molecule has 2 aromatic carbocycles. The second-order valence-corrected chi connectivity index (χ2v) is 8.27. The second-order valence-electron chi connectivity index (χ2n) is 8.27. The summed E-state index contributed by atoms with van der Waals surface area (Å²) in [7, 11) is 1.31. The Morgan fingerprint density at radius 2 is 1.65 bits per heavy atom. The monoisotopic (exact) mass is 467 g/mol. The summed E-state index contributed by atoms with van der Waals surface area (Å²) >= 11 is 0. The first kappa shape index (κ1) is 23.8. The molecule has 8 heteroatoms. The predicted molar refractivity (Wildman–Crippen MR) is 124 cm³/mol. The minimum Gasteiger partial charge on any atom is -0.490 e. The number of hydrogen-bond acceptors (Lipinski definition) is 8. The zero-order valence-corrected chi connectivity index (χ0v) is 19.8. The lowest BCUT2D eigenvalue weighted by atomic mass is 9.99. The van der Waals surface area contributed by atoms with E-state index in [9.17, 15) is 4.79 Å². The Labute approximate surface area is 198 Å². The van der Waals surface area contributed by atoms with E-state index in [1.54, 1.807) is 6.92 Å². The molecule has 0 spiro atoms. The van der Waals surface area contributed by atoms with Crippen molar-refractivity contribution in [3.8, 4) is 23.1 Å². The molecule has 0 amide bonds. The van der Waals surface area contributed by atoms with Crippen LogP contribution in [0.2, 0.25) is 0 Å². The fourth-order valence-corrected chi connectivity index (χ4v) is 3.57. The number of oxazole rings is 1. The lowest BCUT2D eigenvalue weighted by Crippen LogP contribution is -2.47. The van der Waals surface area contributed by atoms with Gasteiger partial charge in [0.2, 0.25) is 5.89 Å². The Bertz CT molecular complexity index is 1100. The van der Waals surface area contributed by atoms with Gasteiger partial charge >= 0.3 is 5.97 Å². The number of methoxy groups -OCH3 is 1. The van der Waals surface area contributed by atoms with Gasteiger partial charge in [-0.1, -0.05) is 29.8 Å². The number of carbonyl (C=O) groups is 1. The summed E-state index contributed by atoms with van der Waals surface area (Å²) in [6.07, 6.45) is 0. The first-order valence-corrected chi connectivity index (χ1v) is 11.1. The molecule has 180 valence electrons. The maximum absolute atomic E-state index is 11.8. The molecule has 0 unspecified atom stereocenters. The van der Waals surface area contributed by atoms with Gasteiger partial charge in [-0.3, -0.25) is 0 Å². The minimum absolute atomic E-state index is 0.0213. The summed E-state index contributed by atoms with van der Waals surface area (Å²) in [5.74, 6) is 0.480. The van der Waals surface area contributed by atoms with Crippen LogP contribution in [0.3, 0.4) is 0 Å². The highest BCUT2D eigenvalue weighted by Crippen LogP contribution is 2.30. The van der Waals surface area contributed by atoms with E-state index in [0.717, 1.165) is 16.9 Å². The standard InChI is InChI=1S/C26H29NO7/c1-17-5-7-20(8-6-17)24-27-23(18(2)34-24)31-14-13-30-22-11-9-19(10-12-22)21-15-32-26(3,33-16-21)25(28)29-4/h5-12,21H,13-16H2,1-4H3. The molecule has 34 heavy (non-hydrogen) atoms. The van der Waals surface area contributed by atoms with Crippen molar-refractivity contribution in [1.29, 1.82) is 0 Å². The average molecular weight is 468 g/mol. The number of benzene rings is 2. The van der Waals surface area contributed by atoms with Crippen LogP contribution in [0.15, 0.2) is 52.9 Å². The highest BCUT2D eigenvalue weighted by Gasteiger charge is 2.41. The smallest absolute Gasteiger partial charge is 0.366 e. The number of carbonyl (C=O) groups excluding carboxylic acids is 1. The van der Waals surface area contributed by atoms with E-state index in [2.05, 4.69) is 4.98 Å². The van der Waals surface area contributed by atoms with E-state index in [0.29, 0.717) is 44.0 Å². The second kappa shape index (κ2) is 10.3. The molecule has 8 nitrogen and oxygen atoms in total. The molecule has 3 aromatic rings. The van der Waals surface area contributed by atoms with Gasteiger partial charge in [-0.15, -0.1) is 0 Å². The van der Waals surface area contributed by atoms with E-state index in [-0.39, 0.29) is 5.92 Å². The van der Waals surface area contributed by atoms with Crippen LogP contribution >= 0.6 is 0 Å². The fourth-order valence-electron chi connectivity index (χ4n) is 3.57. The van der Waals surface area contributed by atoms with Crippen molar-refractivity contribution >= 4 is 5.97 Å². The summed E-state index contributed by atoms with van der Waals surface area (Å²) in [4.78, 5) is 16.2. The molecular weight excluding hydrogens is 438 g/mol. The van der Waals surface area contributed by atoms with Crippen LogP contribution in [-0.2, 0) is 19.0 Å². The van der Waals surface area contributed by atoms with Crippen LogP contribution < -0.4 is 9.47 Å². The molecule has 0 saturated carbocycles. The SMILES string of the molecule is COC(=O)C1(C)OCC(c2ccc(OCCOc3nc(-c4ccc(C)cc4)oc3C)cc2)CO1. The minimum atomic E-state index is -1.35. The Kier molecular flexibility index (Phi) is 7.19. The van der Waals surface area contributed by atoms with Gasteiger partial charge in [0.15, 0.2) is 5.76 Å². The van der Waals surface area contributed by atoms with Crippen molar-refractivity contribution in [2.24, 2.45) is 0 Å². The summed E-state index contributed by atoms with van der Waals surface area (Å²) < 4.78 is 33.3.